The van der Waals surface area contributed by atoms with Crippen LogP contribution >= 0.6 is 0 Å². The van der Waals surface area contributed by atoms with Crippen LogP contribution in [0.5, 0.6) is 5.75 Å². The lowest BCUT2D eigenvalue weighted by atomic mass is 10.0. The number of hydrogen-bond donors (Lipinski definition) is 2. The number of hydrogen-bond acceptors (Lipinski definition) is 3. The van der Waals surface area contributed by atoms with E-state index in [1.807, 2.05) is 0 Å². The molecule has 0 saturated carbocycles. The van der Waals surface area contributed by atoms with Crippen LogP contribution in [0.3, 0.4) is 0 Å². The topological polar surface area (TPSA) is 55.5 Å². The highest BCUT2D eigenvalue weighted by Crippen LogP contribution is 2.19. The highest BCUT2D eigenvalue weighted by molar-refractivity contribution is 5.32. The zero-order valence-electron chi connectivity index (χ0n) is 9.66. The summed E-state index contributed by atoms with van der Waals surface area (Å²) in [5, 5.41) is 9.65. The summed E-state index contributed by atoms with van der Waals surface area (Å²) < 4.78 is 18.2. The Bertz CT molecular complexity index is 353. The van der Waals surface area contributed by atoms with E-state index in [0.29, 0.717) is 18.8 Å². The minimum Gasteiger partial charge on any atom is -0.493 e. The number of ether oxygens (including phenoxy) is 1. The largest absolute Gasteiger partial charge is 0.493 e. The molecule has 4 heteroatoms. The van der Waals surface area contributed by atoms with E-state index >= 15 is 0 Å². The van der Waals surface area contributed by atoms with Crippen molar-refractivity contribution in [1.29, 1.82) is 0 Å². The van der Waals surface area contributed by atoms with Gasteiger partial charge in [-0.05, 0) is 37.6 Å². The smallest absolute Gasteiger partial charge is 0.123 e. The van der Waals surface area contributed by atoms with E-state index in [-0.39, 0.29) is 12.4 Å². The van der Waals surface area contributed by atoms with Crippen LogP contribution in [-0.4, -0.2) is 23.9 Å². The molecule has 3 N–H and O–H groups in total. The summed E-state index contributed by atoms with van der Waals surface area (Å²) in [6.07, 6.45) is 0.445. The predicted molar refractivity (Wildman–Crippen MR) is 60.9 cm³/mol. The van der Waals surface area contributed by atoms with Gasteiger partial charge in [-0.25, -0.2) is 4.39 Å². The van der Waals surface area contributed by atoms with Gasteiger partial charge in [-0.15, -0.1) is 0 Å². The Balaban J connectivity index is 2.49. The van der Waals surface area contributed by atoms with Crippen molar-refractivity contribution in [2.45, 2.75) is 25.9 Å². The fourth-order valence-electron chi connectivity index (χ4n) is 1.26. The van der Waals surface area contributed by atoms with Crippen LogP contribution in [-0.2, 0) is 0 Å². The van der Waals surface area contributed by atoms with Gasteiger partial charge >= 0.3 is 0 Å². The Morgan fingerprint density at radius 2 is 2.19 bits per heavy atom. The number of halogens is 1. The summed E-state index contributed by atoms with van der Waals surface area (Å²) in [4.78, 5) is 0. The van der Waals surface area contributed by atoms with Crippen LogP contribution in [0.2, 0.25) is 0 Å². The van der Waals surface area contributed by atoms with Crippen molar-refractivity contribution in [3.8, 4) is 5.75 Å². The average molecular weight is 227 g/mol. The third-order valence-electron chi connectivity index (χ3n) is 2.47. The second-order valence-electron chi connectivity index (χ2n) is 4.21. The van der Waals surface area contributed by atoms with Crippen molar-refractivity contribution in [3.63, 3.8) is 0 Å². The molecule has 1 unspecified atom stereocenters. The fourth-order valence-corrected chi connectivity index (χ4v) is 1.26. The van der Waals surface area contributed by atoms with Crippen molar-refractivity contribution >= 4 is 0 Å². The molecule has 1 aromatic carbocycles. The fraction of sp³-hybridized carbons (Fsp3) is 0.500. The number of benzene rings is 1. The summed E-state index contributed by atoms with van der Waals surface area (Å²) in [5.41, 5.74) is 5.21. The van der Waals surface area contributed by atoms with Gasteiger partial charge in [-0.3, -0.25) is 0 Å². The lowest BCUT2D eigenvalue weighted by molar-refractivity contribution is 0.0452. The van der Waals surface area contributed by atoms with Gasteiger partial charge in [0.25, 0.3) is 0 Å². The molecule has 0 fully saturated rings. The van der Waals surface area contributed by atoms with Gasteiger partial charge in [0.05, 0.1) is 12.2 Å². The molecule has 90 valence electrons. The minimum atomic E-state index is -0.909. The minimum absolute atomic E-state index is 0.193. The first-order valence-electron chi connectivity index (χ1n) is 5.26. The van der Waals surface area contributed by atoms with E-state index in [4.69, 9.17) is 10.5 Å². The molecular weight excluding hydrogens is 209 g/mol. The Hall–Kier alpha value is -1.13. The molecule has 1 aromatic rings. The molecular formula is C12H18FNO2. The molecule has 0 aliphatic carbocycles. The molecule has 0 bridgehead atoms. The zero-order valence-corrected chi connectivity index (χ0v) is 9.66. The Kier molecular flexibility index (Phi) is 4.26. The summed E-state index contributed by atoms with van der Waals surface area (Å²) in [5.74, 6) is 0.355. The van der Waals surface area contributed by atoms with Crippen molar-refractivity contribution in [2.75, 3.05) is 13.2 Å². The summed E-state index contributed by atoms with van der Waals surface area (Å²) in [7, 11) is 0. The van der Waals surface area contributed by atoms with Crippen molar-refractivity contribution in [1.82, 2.24) is 0 Å². The predicted octanol–water partition coefficient (Wildman–Crippen LogP) is 1.61. The van der Waals surface area contributed by atoms with Crippen molar-refractivity contribution in [2.24, 2.45) is 5.73 Å². The third-order valence-corrected chi connectivity index (χ3v) is 2.47. The van der Waals surface area contributed by atoms with E-state index in [1.54, 1.807) is 19.9 Å². The molecule has 1 atom stereocenters. The molecule has 16 heavy (non-hydrogen) atoms. The van der Waals surface area contributed by atoms with Crippen LogP contribution in [0.4, 0.5) is 4.39 Å². The van der Waals surface area contributed by atoms with Gasteiger partial charge in [0, 0.05) is 13.0 Å². The molecule has 0 spiro atoms. The standard InChI is InChI=1S/C12H18FNO2/c1-9-7-10(13)3-4-11(9)16-6-5-12(2,15)8-14/h3-4,7,15H,5-6,8,14H2,1-2H3. The number of aryl methyl sites for hydroxylation is 1. The lowest BCUT2D eigenvalue weighted by Crippen LogP contribution is -2.35. The monoisotopic (exact) mass is 227 g/mol. The van der Waals surface area contributed by atoms with Crippen LogP contribution in [0.25, 0.3) is 0 Å². The maximum Gasteiger partial charge on any atom is 0.123 e. The van der Waals surface area contributed by atoms with E-state index in [9.17, 15) is 9.50 Å². The van der Waals surface area contributed by atoms with Gasteiger partial charge in [0.1, 0.15) is 11.6 Å². The average Bonchev–Trinajstić information content (AvgIpc) is 2.21. The molecule has 1 rings (SSSR count). The van der Waals surface area contributed by atoms with Crippen LogP contribution in [0, 0.1) is 12.7 Å². The van der Waals surface area contributed by atoms with Crippen LogP contribution in [0.1, 0.15) is 18.9 Å². The second kappa shape index (κ2) is 5.27. The lowest BCUT2D eigenvalue weighted by Gasteiger charge is -2.21. The van der Waals surface area contributed by atoms with E-state index in [0.717, 1.165) is 5.56 Å². The van der Waals surface area contributed by atoms with E-state index in [2.05, 4.69) is 0 Å². The molecule has 0 heterocycles. The van der Waals surface area contributed by atoms with Gasteiger partial charge in [-0.1, -0.05) is 0 Å². The maximum absolute atomic E-state index is 12.8. The molecule has 3 nitrogen and oxygen atoms in total. The van der Waals surface area contributed by atoms with Gasteiger partial charge < -0.3 is 15.6 Å². The summed E-state index contributed by atoms with van der Waals surface area (Å²) >= 11 is 0. The van der Waals surface area contributed by atoms with Crippen molar-refractivity contribution in [3.05, 3.63) is 29.6 Å². The van der Waals surface area contributed by atoms with E-state index in [1.165, 1.54) is 12.1 Å². The first-order chi connectivity index (χ1) is 7.44. The SMILES string of the molecule is Cc1cc(F)ccc1OCCC(C)(O)CN. The summed E-state index contributed by atoms with van der Waals surface area (Å²) in [6.45, 7) is 3.99. The molecule has 0 saturated heterocycles. The number of rotatable bonds is 5. The molecule has 0 aliphatic rings. The Labute approximate surface area is 95.0 Å². The van der Waals surface area contributed by atoms with Crippen LogP contribution in [0.15, 0.2) is 18.2 Å². The number of aliphatic hydroxyl groups is 1. The van der Waals surface area contributed by atoms with E-state index < -0.39 is 5.60 Å². The van der Waals surface area contributed by atoms with Gasteiger partial charge in [0.2, 0.25) is 0 Å². The van der Waals surface area contributed by atoms with Gasteiger partial charge in [0.15, 0.2) is 0 Å². The quantitative estimate of drug-likeness (QED) is 0.803. The molecule has 0 aliphatic heterocycles. The summed E-state index contributed by atoms with van der Waals surface area (Å²) in [6, 6.07) is 4.35. The molecule has 0 aromatic heterocycles. The Morgan fingerprint density at radius 3 is 2.75 bits per heavy atom. The Morgan fingerprint density at radius 1 is 1.50 bits per heavy atom. The first kappa shape index (κ1) is 12.9. The molecule has 0 radical (unpaired) electrons. The first-order valence-corrected chi connectivity index (χ1v) is 5.26. The second-order valence-corrected chi connectivity index (χ2v) is 4.21. The van der Waals surface area contributed by atoms with Gasteiger partial charge in [-0.2, -0.15) is 0 Å². The third kappa shape index (κ3) is 3.79. The molecule has 0 amide bonds. The highest BCUT2D eigenvalue weighted by atomic mass is 19.1. The van der Waals surface area contributed by atoms with Crippen LogP contribution < -0.4 is 10.5 Å². The normalized spacial score (nSPS) is 14.6. The maximum atomic E-state index is 12.8. The zero-order chi connectivity index (χ0) is 12.2. The van der Waals surface area contributed by atoms with Crippen molar-refractivity contribution < 1.29 is 14.2 Å². The highest BCUT2D eigenvalue weighted by Gasteiger charge is 2.17. The number of nitrogens with two attached hydrogens (primary N) is 1.